The fourth-order valence-corrected chi connectivity index (χ4v) is 0. The zero-order chi connectivity index (χ0) is 9.00. The Hall–Kier alpha value is 3.53. The zero-order valence-corrected chi connectivity index (χ0v) is 15.2. The molecule has 0 aliphatic rings. The van der Waals surface area contributed by atoms with Crippen molar-refractivity contribution in [3.8, 4) is 0 Å². The van der Waals surface area contributed by atoms with Gasteiger partial charge >= 0.3 is 120 Å². The van der Waals surface area contributed by atoms with Crippen LogP contribution in [0.3, 0.4) is 0 Å². The molecule has 0 saturated heterocycles. The average molecular weight is 334 g/mol. The largest absolute Gasteiger partial charge is 2.00 e. The summed E-state index contributed by atoms with van der Waals surface area (Å²) in [7, 11) is -10.3. The van der Waals surface area contributed by atoms with Crippen LogP contribution in [0.1, 0.15) is 0 Å². The van der Waals surface area contributed by atoms with Gasteiger partial charge in [-0.2, -0.15) is 0 Å². The summed E-state index contributed by atoms with van der Waals surface area (Å²) >= 11 is 0. The molecule has 8 nitrogen and oxygen atoms in total. The maximum absolute atomic E-state index is 8.52. The number of rotatable bonds is 0. The molecule has 0 aromatic rings. The Morgan fingerprint density at radius 3 is 0.615 bits per heavy atom. The zero-order valence-electron chi connectivity index (χ0n) is 6.38. The van der Waals surface area contributed by atoms with E-state index < -0.39 is 20.8 Å². The van der Waals surface area contributed by atoms with Crippen LogP contribution in [-0.2, 0) is 37.9 Å². The molecule has 1 radical (unpaired) electrons. The molecule has 73 valence electrons. The maximum atomic E-state index is 8.52. The molecule has 0 aromatic carbocycles. The second kappa shape index (κ2) is 13.6. The van der Waals surface area contributed by atoms with Crippen LogP contribution in [0.2, 0.25) is 0 Å². The van der Waals surface area contributed by atoms with Crippen molar-refractivity contribution in [1.29, 1.82) is 0 Å². The van der Waals surface area contributed by atoms with Gasteiger partial charge in [-0.1, -0.05) is 0 Å². The van der Waals surface area contributed by atoms with E-state index in [-0.39, 0.29) is 120 Å². The molecule has 0 bridgehead atoms. The quantitative estimate of drug-likeness (QED) is 0.240. The van der Waals surface area contributed by atoms with Crippen LogP contribution in [-0.4, -0.2) is 35.0 Å². The Morgan fingerprint density at radius 2 is 0.615 bits per heavy atom. The summed E-state index contributed by atoms with van der Waals surface area (Å²) in [5, 5.41) is 0. The Labute approximate surface area is 171 Å². The van der Waals surface area contributed by atoms with Gasteiger partial charge in [0.2, 0.25) is 0 Å². The fourth-order valence-electron chi connectivity index (χ4n) is 0. The van der Waals surface area contributed by atoms with Crippen molar-refractivity contribution in [1.82, 2.24) is 0 Å². The third-order valence-corrected chi connectivity index (χ3v) is 0. The minimum Gasteiger partial charge on any atom is -0.759 e. The molecule has 0 fully saturated rings. The first kappa shape index (κ1) is 30.0. The summed E-state index contributed by atoms with van der Waals surface area (Å²) in [4.78, 5) is 0. The summed E-state index contributed by atoms with van der Waals surface area (Å²) in [5.74, 6) is 0. The first-order valence-corrected chi connectivity index (χ1v) is 4.00. The van der Waals surface area contributed by atoms with Crippen LogP contribution in [0.15, 0.2) is 0 Å². The van der Waals surface area contributed by atoms with Crippen molar-refractivity contribution in [2.24, 2.45) is 0 Å². The first-order chi connectivity index (χ1) is 4.00. The van der Waals surface area contributed by atoms with Gasteiger partial charge in [0.05, 0.1) is 0 Å². The van der Waals surface area contributed by atoms with Crippen molar-refractivity contribution < 1.29 is 155 Å². The van der Waals surface area contributed by atoms with Crippen molar-refractivity contribution in [3.05, 3.63) is 0 Å². The summed E-state index contributed by atoms with van der Waals surface area (Å²) < 4.78 is 68.2. The van der Waals surface area contributed by atoms with Gasteiger partial charge in [0.25, 0.3) is 0 Å². The molecular formula is CuK2O8S2. The molecule has 0 aromatic heterocycles. The van der Waals surface area contributed by atoms with Gasteiger partial charge in [0.15, 0.2) is 0 Å². The molecule has 0 rings (SSSR count). The van der Waals surface area contributed by atoms with Gasteiger partial charge < -0.3 is 18.2 Å². The average Bonchev–Trinajstić information content (AvgIpc) is 1.12. The molecule has 13 heavy (non-hydrogen) atoms. The minimum atomic E-state index is -5.17. The maximum Gasteiger partial charge on any atom is 2.00 e. The second-order valence-corrected chi connectivity index (χ2v) is 2.45. The van der Waals surface area contributed by atoms with Crippen molar-refractivity contribution in [2.45, 2.75) is 0 Å². The summed E-state index contributed by atoms with van der Waals surface area (Å²) in [6, 6.07) is 0. The van der Waals surface area contributed by atoms with E-state index in [1.807, 2.05) is 0 Å². The Morgan fingerprint density at radius 1 is 0.615 bits per heavy atom. The van der Waals surface area contributed by atoms with Crippen LogP contribution in [0, 0.1) is 0 Å². The molecule has 0 spiro atoms. The molecule has 0 unspecified atom stereocenters. The van der Waals surface area contributed by atoms with E-state index in [4.69, 9.17) is 35.0 Å². The molecule has 0 saturated carbocycles. The van der Waals surface area contributed by atoms with E-state index in [9.17, 15) is 0 Å². The molecule has 0 aliphatic carbocycles. The third kappa shape index (κ3) is 228. The first-order valence-electron chi connectivity index (χ1n) is 1.33. The molecule has 0 heterocycles. The van der Waals surface area contributed by atoms with Crippen LogP contribution in [0.5, 0.6) is 0 Å². The summed E-state index contributed by atoms with van der Waals surface area (Å²) in [6.45, 7) is 0. The standard InChI is InChI=1S/Cu.2K.2H2O4S/c;;;2*1-5(2,3)4/h;;;2*(H2,1,2,3,4)/q+2;2*+1;;/p-4. The van der Waals surface area contributed by atoms with Gasteiger partial charge in [0.1, 0.15) is 0 Å². The summed E-state index contributed by atoms with van der Waals surface area (Å²) in [6.07, 6.45) is 0. The molecule has 0 amide bonds. The van der Waals surface area contributed by atoms with Crippen LogP contribution < -0.4 is 103 Å². The van der Waals surface area contributed by atoms with Crippen LogP contribution in [0.25, 0.3) is 0 Å². The Kier molecular flexibility index (Phi) is 31.4. The normalized spacial score (nSPS) is 8.92. The van der Waals surface area contributed by atoms with E-state index in [2.05, 4.69) is 0 Å². The predicted molar refractivity (Wildman–Crippen MR) is 20.9 cm³/mol. The number of hydrogen-bond donors (Lipinski definition) is 0. The Bertz CT molecular complexity index is 217. The van der Waals surface area contributed by atoms with E-state index >= 15 is 0 Å². The van der Waals surface area contributed by atoms with Gasteiger partial charge in [-0.05, 0) is 0 Å². The minimum absolute atomic E-state index is 0. The molecule has 13 heteroatoms. The van der Waals surface area contributed by atoms with Crippen molar-refractivity contribution in [3.63, 3.8) is 0 Å². The second-order valence-electron chi connectivity index (χ2n) is 0.816. The van der Waals surface area contributed by atoms with Gasteiger partial charge in [-0.15, -0.1) is 0 Å². The molecule has 0 N–H and O–H groups in total. The summed E-state index contributed by atoms with van der Waals surface area (Å²) in [5.41, 5.74) is 0. The van der Waals surface area contributed by atoms with Gasteiger partial charge in [-0.25, -0.2) is 0 Å². The molecule has 0 atom stereocenters. The smallest absolute Gasteiger partial charge is 0.759 e. The molecule has 0 aliphatic heterocycles. The van der Waals surface area contributed by atoms with E-state index in [1.54, 1.807) is 0 Å². The SMILES string of the molecule is O=S(=O)([O-])[O-].O=S(=O)([O-])[O-].[Cu+2].[K+].[K+]. The van der Waals surface area contributed by atoms with Gasteiger partial charge in [0, 0.05) is 20.8 Å². The fraction of sp³-hybridized carbons (Fsp3) is 0. The van der Waals surface area contributed by atoms with Crippen LogP contribution >= 0.6 is 0 Å². The molecular weight excluding hydrogens is 334 g/mol. The number of hydrogen-bond acceptors (Lipinski definition) is 8. The van der Waals surface area contributed by atoms with Crippen molar-refractivity contribution in [2.75, 3.05) is 0 Å². The third-order valence-electron chi connectivity index (χ3n) is 0. The van der Waals surface area contributed by atoms with E-state index in [1.165, 1.54) is 0 Å². The topological polar surface area (TPSA) is 161 Å². The van der Waals surface area contributed by atoms with E-state index in [0.717, 1.165) is 0 Å². The monoisotopic (exact) mass is 333 g/mol. The Balaban J connectivity index is -0.0000000267. The van der Waals surface area contributed by atoms with Crippen LogP contribution in [0.4, 0.5) is 0 Å². The van der Waals surface area contributed by atoms with E-state index in [0.29, 0.717) is 0 Å². The van der Waals surface area contributed by atoms with Crippen molar-refractivity contribution >= 4 is 20.8 Å². The van der Waals surface area contributed by atoms with Gasteiger partial charge in [-0.3, -0.25) is 16.8 Å². The predicted octanol–water partition coefficient (Wildman–Crippen LogP) is -8.67.